The molecule has 0 aliphatic rings. The Morgan fingerprint density at radius 2 is 1.93 bits per heavy atom. The number of para-hydroxylation sites is 1. The SMILES string of the molecule is CCOc1cc(CCCNC(=NC)NCc2ccnc3ccccc23)ccc1OC. The normalized spacial score (nSPS) is 11.4. The molecular weight excluding hydrogens is 376 g/mol. The third-order valence-corrected chi connectivity index (χ3v) is 4.87. The van der Waals surface area contributed by atoms with Crippen molar-refractivity contribution in [3.63, 3.8) is 0 Å². The number of rotatable bonds is 9. The van der Waals surface area contributed by atoms with Crippen molar-refractivity contribution in [2.24, 2.45) is 4.99 Å². The molecule has 30 heavy (non-hydrogen) atoms. The summed E-state index contributed by atoms with van der Waals surface area (Å²) >= 11 is 0. The molecule has 0 atom stereocenters. The lowest BCUT2D eigenvalue weighted by molar-refractivity contribution is 0.310. The van der Waals surface area contributed by atoms with Gasteiger partial charge in [-0.05, 0) is 55.2 Å². The molecule has 0 amide bonds. The van der Waals surface area contributed by atoms with Crippen LogP contribution in [0.2, 0.25) is 0 Å². The van der Waals surface area contributed by atoms with Crippen molar-refractivity contribution < 1.29 is 9.47 Å². The molecule has 1 heterocycles. The lowest BCUT2D eigenvalue weighted by Gasteiger charge is -2.14. The first-order valence-corrected chi connectivity index (χ1v) is 10.3. The van der Waals surface area contributed by atoms with Crippen LogP contribution in [-0.2, 0) is 13.0 Å². The van der Waals surface area contributed by atoms with E-state index in [9.17, 15) is 0 Å². The summed E-state index contributed by atoms with van der Waals surface area (Å²) in [6, 6.07) is 16.3. The summed E-state index contributed by atoms with van der Waals surface area (Å²) in [7, 11) is 3.45. The zero-order valence-electron chi connectivity index (χ0n) is 17.9. The smallest absolute Gasteiger partial charge is 0.191 e. The van der Waals surface area contributed by atoms with E-state index in [1.807, 2.05) is 43.5 Å². The van der Waals surface area contributed by atoms with Crippen molar-refractivity contribution in [3.05, 3.63) is 65.9 Å². The maximum Gasteiger partial charge on any atom is 0.191 e. The molecule has 0 saturated carbocycles. The summed E-state index contributed by atoms with van der Waals surface area (Å²) in [5, 5.41) is 7.94. The molecule has 158 valence electrons. The molecule has 6 heteroatoms. The van der Waals surface area contributed by atoms with Gasteiger partial charge in [0.15, 0.2) is 17.5 Å². The number of aryl methyl sites for hydroxylation is 1. The van der Waals surface area contributed by atoms with Gasteiger partial charge in [-0.15, -0.1) is 0 Å². The average molecular weight is 407 g/mol. The Balaban J connectivity index is 1.48. The van der Waals surface area contributed by atoms with E-state index in [1.165, 1.54) is 11.1 Å². The van der Waals surface area contributed by atoms with E-state index >= 15 is 0 Å². The highest BCUT2D eigenvalue weighted by molar-refractivity contribution is 5.83. The second-order valence-corrected chi connectivity index (χ2v) is 6.86. The Morgan fingerprint density at radius 3 is 2.73 bits per heavy atom. The molecule has 0 saturated heterocycles. The number of aromatic nitrogens is 1. The Labute approximate surface area is 178 Å². The Kier molecular flexibility index (Phi) is 7.89. The first kappa shape index (κ1) is 21.4. The van der Waals surface area contributed by atoms with E-state index in [1.54, 1.807) is 14.2 Å². The van der Waals surface area contributed by atoms with Gasteiger partial charge in [-0.25, -0.2) is 0 Å². The molecule has 0 fully saturated rings. The number of fused-ring (bicyclic) bond motifs is 1. The fraction of sp³-hybridized carbons (Fsp3) is 0.333. The Morgan fingerprint density at radius 1 is 1.07 bits per heavy atom. The van der Waals surface area contributed by atoms with E-state index in [2.05, 4.69) is 38.8 Å². The van der Waals surface area contributed by atoms with E-state index < -0.39 is 0 Å². The largest absolute Gasteiger partial charge is 0.493 e. The molecule has 1 aromatic heterocycles. The molecule has 3 rings (SSSR count). The summed E-state index contributed by atoms with van der Waals surface area (Å²) in [5.74, 6) is 2.36. The van der Waals surface area contributed by atoms with Crippen molar-refractivity contribution in [1.29, 1.82) is 0 Å². The standard InChI is InChI=1S/C24H30N4O2/c1-4-30-23-16-18(11-12-22(23)29-3)8-7-14-27-24(25-2)28-17-19-13-15-26-21-10-6-5-9-20(19)21/h5-6,9-13,15-16H,4,7-8,14,17H2,1-3H3,(H2,25,27,28). The molecular formula is C24H30N4O2. The van der Waals surface area contributed by atoms with Gasteiger partial charge in [0, 0.05) is 31.7 Å². The zero-order chi connectivity index (χ0) is 21.2. The number of ether oxygens (including phenoxy) is 2. The predicted molar refractivity (Wildman–Crippen MR) is 122 cm³/mol. The summed E-state index contributed by atoms with van der Waals surface area (Å²) in [4.78, 5) is 8.75. The van der Waals surface area contributed by atoms with Gasteiger partial charge in [0.2, 0.25) is 0 Å². The van der Waals surface area contributed by atoms with Crippen LogP contribution in [0.15, 0.2) is 59.7 Å². The molecule has 0 spiro atoms. The fourth-order valence-electron chi connectivity index (χ4n) is 3.35. The van der Waals surface area contributed by atoms with Crippen LogP contribution in [-0.4, -0.2) is 38.3 Å². The molecule has 6 nitrogen and oxygen atoms in total. The number of nitrogens with zero attached hydrogens (tertiary/aromatic N) is 2. The highest BCUT2D eigenvalue weighted by Gasteiger charge is 2.06. The number of benzene rings is 2. The van der Waals surface area contributed by atoms with Crippen LogP contribution in [0.5, 0.6) is 11.5 Å². The zero-order valence-corrected chi connectivity index (χ0v) is 17.9. The number of methoxy groups -OCH3 is 1. The third kappa shape index (κ3) is 5.63. The van der Waals surface area contributed by atoms with Crippen LogP contribution in [0.25, 0.3) is 10.9 Å². The van der Waals surface area contributed by atoms with Gasteiger partial charge in [-0.3, -0.25) is 9.98 Å². The van der Waals surface area contributed by atoms with Gasteiger partial charge in [0.05, 0.1) is 19.2 Å². The second-order valence-electron chi connectivity index (χ2n) is 6.86. The molecule has 0 aliphatic carbocycles. The first-order chi connectivity index (χ1) is 14.7. The van der Waals surface area contributed by atoms with Crippen LogP contribution in [0.4, 0.5) is 0 Å². The highest BCUT2D eigenvalue weighted by atomic mass is 16.5. The Bertz CT molecular complexity index is 983. The van der Waals surface area contributed by atoms with Crippen molar-refractivity contribution in [3.8, 4) is 11.5 Å². The number of pyridine rings is 1. The number of aliphatic imine (C=N–C) groups is 1. The number of hydrogen-bond acceptors (Lipinski definition) is 4. The molecule has 0 aliphatic heterocycles. The minimum atomic E-state index is 0.621. The quantitative estimate of drug-likeness (QED) is 0.320. The van der Waals surface area contributed by atoms with E-state index in [0.717, 1.165) is 47.7 Å². The van der Waals surface area contributed by atoms with Crippen molar-refractivity contribution in [1.82, 2.24) is 15.6 Å². The molecule has 2 N–H and O–H groups in total. The molecule has 0 unspecified atom stereocenters. The van der Waals surface area contributed by atoms with Gasteiger partial charge in [-0.1, -0.05) is 24.3 Å². The van der Waals surface area contributed by atoms with Gasteiger partial charge in [0.1, 0.15) is 0 Å². The Hall–Kier alpha value is -3.28. The maximum absolute atomic E-state index is 5.66. The number of nitrogens with one attached hydrogen (secondary N) is 2. The maximum atomic E-state index is 5.66. The van der Waals surface area contributed by atoms with E-state index in [0.29, 0.717) is 13.2 Å². The van der Waals surface area contributed by atoms with Gasteiger partial charge >= 0.3 is 0 Å². The summed E-state index contributed by atoms with van der Waals surface area (Å²) in [6.45, 7) is 4.12. The van der Waals surface area contributed by atoms with Crippen molar-refractivity contribution >= 4 is 16.9 Å². The van der Waals surface area contributed by atoms with Crippen LogP contribution in [0.1, 0.15) is 24.5 Å². The highest BCUT2D eigenvalue weighted by Crippen LogP contribution is 2.28. The van der Waals surface area contributed by atoms with E-state index in [-0.39, 0.29) is 0 Å². The van der Waals surface area contributed by atoms with Crippen LogP contribution in [0.3, 0.4) is 0 Å². The molecule has 3 aromatic rings. The lowest BCUT2D eigenvalue weighted by Crippen LogP contribution is -2.37. The summed E-state index contributed by atoms with van der Waals surface area (Å²) < 4.78 is 11.0. The van der Waals surface area contributed by atoms with Crippen LogP contribution < -0.4 is 20.1 Å². The number of hydrogen-bond donors (Lipinski definition) is 2. The minimum Gasteiger partial charge on any atom is -0.493 e. The summed E-state index contributed by atoms with van der Waals surface area (Å²) in [6.07, 6.45) is 3.78. The van der Waals surface area contributed by atoms with Gasteiger partial charge in [0.25, 0.3) is 0 Å². The van der Waals surface area contributed by atoms with E-state index in [4.69, 9.17) is 9.47 Å². The van der Waals surface area contributed by atoms with Crippen LogP contribution in [0, 0.1) is 0 Å². The predicted octanol–water partition coefficient (Wildman–Crippen LogP) is 3.94. The average Bonchev–Trinajstić information content (AvgIpc) is 2.79. The lowest BCUT2D eigenvalue weighted by atomic mass is 10.1. The van der Waals surface area contributed by atoms with Crippen LogP contribution >= 0.6 is 0 Å². The monoisotopic (exact) mass is 406 g/mol. The van der Waals surface area contributed by atoms with Gasteiger partial charge < -0.3 is 20.1 Å². The molecule has 2 aromatic carbocycles. The fourth-order valence-corrected chi connectivity index (χ4v) is 3.35. The third-order valence-electron chi connectivity index (χ3n) is 4.87. The van der Waals surface area contributed by atoms with Crippen molar-refractivity contribution in [2.75, 3.05) is 27.3 Å². The first-order valence-electron chi connectivity index (χ1n) is 10.3. The topological polar surface area (TPSA) is 67.8 Å². The van der Waals surface area contributed by atoms with Crippen molar-refractivity contribution in [2.45, 2.75) is 26.3 Å². The second kappa shape index (κ2) is 11.0. The molecule has 0 radical (unpaired) electrons. The summed E-state index contributed by atoms with van der Waals surface area (Å²) in [5.41, 5.74) is 3.43. The minimum absolute atomic E-state index is 0.621. The van der Waals surface area contributed by atoms with Gasteiger partial charge in [-0.2, -0.15) is 0 Å². The number of guanidine groups is 1. The molecule has 0 bridgehead atoms.